The van der Waals surface area contributed by atoms with Crippen molar-refractivity contribution in [3.63, 3.8) is 0 Å². The standard InChI is InChI=1S/C22H21FN2O3S2/c1-29-10-9-18(25-21(27)14-4-2-3-5-15(14)22(25)28)20(26)24-17-8-11-30-19-7-6-13(23)12-16(17)19/h2-7,12,17-18H,8-11H2,1H3,(H,24,26)/t17-,18-/m0/s1. The molecule has 156 valence electrons. The quantitative estimate of drug-likeness (QED) is 0.685. The minimum Gasteiger partial charge on any atom is -0.347 e. The molecule has 4 rings (SSSR count). The van der Waals surface area contributed by atoms with Gasteiger partial charge in [-0.3, -0.25) is 19.3 Å². The summed E-state index contributed by atoms with van der Waals surface area (Å²) in [6.45, 7) is 0. The molecule has 0 radical (unpaired) electrons. The van der Waals surface area contributed by atoms with Gasteiger partial charge >= 0.3 is 0 Å². The lowest BCUT2D eigenvalue weighted by molar-refractivity contribution is -0.125. The molecule has 1 N–H and O–H groups in total. The summed E-state index contributed by atoms with van der Waals surface area (Å²) in [5.41, 5.74) is 1.39. The largest absolute Gasteiger partial charge is 0.347 e. The predicted molar refractivity (Wildman–Crippen MR) is 116 cm³/mol. The van der Waals surface area contributed by atoms with Crippen molar-refractivity contribution in [2.24, 2.45) is 0 Å². The molecular weight excluding hydrogens is 423 g/mol. The number of amides is 3. The van der Waals surface area contributed by atoms with E-state index in [0.717, 1.165) is 21.1 Å². The molecule has 2 aliphatic rings. The van der Waals surface area contributed by atoms with Crippen LogP contribution in [-0.2, 0) is 4.79 Å². The maximum atomic E-state index is 13.8. The first kappa shape index (κ1) is 20.9. The van der Waals surface area contributed by atoms with Gasteiger partial charge in [-0.05, 0) is 60.7 Å². The number of benzene rings is 2. The molecule has 3 amide bonds. The normalized spacial score (nSPS) is 18.7. The van der Waals surface area contributed by atoms with Crippen LogP contribution in [0.2, 0.25) is 0 Å². The zero-order valence-electron chi connectivity index (χ0n) is 16.4. The van der Waals surface area contributed by atoms with Crippen LogP contribution >= 0.6 is 23.5 Å². The number of hydrogen-bond acceptors (Lipinski definition) is 5. The van der Waals surface area contributed by atoms with E-state index in [1.54, 1.807) is 53.9 Å². The summed E-state index contributed by atoms with van der Waals surface area (Å²) < 4.78 is 13.8. The van der Waals surface area contributed by atoms with Gasteiger partial charge in [-0.2, -0.15) is 11.8 Å². The lowest BCUT2D eigenvalue weighted by Gasteiger charge is -2.30. The van der Waals surface area contributed by atoms with Gasteiger partial charge in [-0.15, -0.1) is 11.8 Å². The fraction of sp³-hybridized carbons (Fsp3) is 0.318. The highest BCUT2D eigenvalue weighted by Crippen LogP contribution is 2.37. The number of nitrogens with one attached hydrogen (secondary N) is 1. The first-order chi connectivity index (χ1) is 14.5. The van der Waals surface area contributed by atoms with E-state index in [1.807, 2.05) is 6.26 Å². The Morgan fingerprint density at radius 2 is 1.93 bits per heavy atom. The monoisotopic (exact) mass is 444 g/mol. The highest BCUT2D eigenvalue weighted by molar-refractivity contribution is 7.99. The van der Waals surface area contributed by atoms with Gasteiger partial charge in [0, 0.05) is 10.6 Å². The number of thioether (sulfide) groups is 2. The van der Waals surface area contributed by atoms with Gasteiger partial charge < -0.3 is 5.32 Å². The Hall–Kier alpha value is -2.32. The molecule has 0 aliphatic carbocycles. The Bertz CT molecular complexity index is 979. The summed E-state index contributed by atoms with van der Waals surface area (Å²) in [4.78, 5) is 41.1. The molecule has 0 fully saturated rings. The third-order valence-electron chi connectivity index (χ3n) is 5.36. The molecule has 2 atom stereocenters. The number of hydrogen-bond donors (Lipinski definition) is 1. The first-order valence-electron chi connectivity index (χ1n) is 9.69. The van der Waals surface area contributed by atoms with Crippen molar-refractivity contribution in [2.45, 2.75) is 29.8 Å². The second kappa shape index (κ2) is 8.81. The topological polar surface area (TPSA) is 66.5 Å². The van der Waals surface area contributed by atoms with Crippen LogP contribution in [0.15, 0.2) is 47.4 Å². The van der Waals surface area contributed by atoms with Crippen molar-refractivity contribution in [3.05, 3.63) is 65.0 Å². The zero-order valence-corrected chi connectivity index (χ0v) is 18.0. The van der Waals surface area contributed by atoms with Crippen molar-refractivity contribution >= 4 is 41.2 Å². The van der Waals surface area contributed by atoms with E-state index in [9.17, 15) is 18.8 Å². The van der Waals surface area contributed by atoms with Crippen molar-refractivity contribution in [1.82, 2.24) is 10.2 Å². The van der Waals surface area contributed by atoms with E-state index in [1.165, 1.54) is 12.1 Å². The van der Waals surface area contributed by atoms with Crippen LogP contribution in [0.5, 0.6) is 0 Å². The van der Waals surface area contributed by atoms with Crippen molar-refractivity contribution in [1.29, 1.82) is 0 Å². The Morgan fingerprint density at radius 1 is 1.23 bits per heavy atom. The smallest absolute Gasteiger partial charge is 0.262 e. The predicted octanol–water partition coefficient (Wildman–Crippen LogP) is 3.90. The van der Waals surface area contributed by atoms with Crippen LogP contribution in [0, 0.1) is 5.82 Å². The molecule has 2 aromatic rings. The molecule has 2 aromatic carbocycles. The van der Waals surface area contributed by atoms with Crippen LogP contribution < -0.4 is 5.32 Å². The van der Waals surface area contributed by atoms with Gasteiger partial charge in [-0.25, -0.2) is 4.39 Å². The third-order valence-corrected chi connectivity index (χ3v) is 7.13. The molecule has 30 heavy (non-hydrogen) atoms. The Labute approximate surface area is 182 Å². The molecule has 0 saturated carbocycles. The minimum absolute atomic E-state index is 0.325. The number of halogens is 1. The van der Waals surface area contributed by atoms with Crippen molar-refractivity contribution < 1.29 is 18.8 Å². The average molecular weight is 445 g/mol. The van der Waals surface area contributed by atoms with E-state index in [2.05, 4.69) is 5.32 Å². The molecule has 0 saturated heterocycles. The van der Waals surface area contributed by atoms with Gasteiger partial charge in [0.15, 0.2) is 0 Å². The van der Waals surface area contributed by atoms with Crippen LogP contribution in [-0.4, -0.2) is 46.4 Å². The molecule has 0 unspecified atom stereocenters. The molecule has 2 heterocycles. The molecule has 5 nitrogen and oxygen atoms in total. The van der Waals surface area contributed by atoms with Crippen LogP contribution in [0.25, 0.3) is 0 Å². The SMILES string of the molecule is CSCC[C@@H](C(=O)N[C@H]1CCSc2ccc(F)cc21)N1C(=O)c2ccccc2C1=O. The molecule has 2 aliphatic heterocycles. The van der Waals surface area contributed by atoms with E-state index >= 15 is 0 Å². The highest BCUT2D eigenvalue weighted by atomic mass is 32.2. The van der Waals surface area contributed by atoms with Crippen molar-refractivity contribution in [2.75, 3.05) is 17.8 Å². The fourth-order valence-corrected chi connectivity index (χ4v) is 5.45. The molecule has 0 aromatic heterocycles. The number of rotatable bonds is 6. The Balaban J connectivity index is 1.60. The van der Waals surface area contributed by atoms with Gasteiger partial charge in [0.2, 0.25) is 5.91 Å². The van der Waals surface area contributed by atoms with E-state index in [-0.39, 0.29) is 17.8 Å². The summed E-state index contributed by atoms with van der Waals surface area (Å²) in [5.74, 6) is -0.200. The summed E-state index contributed by atoms with van der Waals surface area (Å²) in [5, 5.41) is 2.98. The molecule has 8 heteroatoms. The maximum Gasteiger partial charge on any atom is 0.262 e. The maximum absolute atomic E-state index is 13.8. The summed E-state index contributed by atoms with van der Waals surface area (Å²) >= 11 is 3.18. The lowest BCUT2D eigenvalue weighted by Crippen LogP contribution is -2.50. The molecular formula is C22H21FN2O3S2. The van der Waals surface area contributed by atoms with Crippen LogP contribution in [0.3, 0.4) is 0 Å². The number of nitrogens with zero attached hydrogens (tertiary/aromatic N) is 1. The summed E-state index contributed by atoms with van der Waals surface area (Å²) in [7, 11) is 0. The Morgan fingerprint density at radius 3 is 2.60 bits per heavy atom. The average Bonchev–Trinajstić information content (AvgIpc) is 3.00. The van der Waals surface area contributed by atoms with E-state index in [4.69, 9.17) is 0 Å². The zero-order chi connectivity index (χ0) is 21.3. The molecule has 0 spiro atoms. The van der Waals surface area contributed by atoms with E-state index < -0.39 is 17.9 Å². The first-order valence-corrected chi connectivity index (χ1v) is 12.1. The lowest BCUT2D eigenvalue weighted by atomic mass is 10.0. The van der Waals surface area contributed by atoms with Gasteiger partial charge in [-0.1, -0.05) is 12.1 Å². The van der Waals surface area contributed by atoms with Gasteiger partial charge in [0.1, 0.15) is 11.9 Å². The molecule has 0 bridgehead atoms. The van der Waals surface area contributed by atoms with E-state index in [0.29, 0.717) is 29.7 Å². The third kappa shape index (κ3) is 3.86. The summed E-state index contributed by atoms with van der Waals surface area (Å²) in [6.07, 6.45) is 2.93. The second-order valence-corrected chi connectivity index (χ2v) is 9.33. The van der Waals surface area contributed by atoms with Crippen LogP contribution in [0.4, 0.5) is 4.39 Å². The second-order valence-electron chi connectivity index (χ2n) is 7.20. The highest BCUT2D eigenvalue weighted by Gasteiger charge is 2.42. The number of carbonyl (C=O) groups excluding carboxylic acids is 3. The van der Waals surface area contributed by atoms with Gasteiger partial charge in [0.25, 0.3) is 11.8 Å². The number of imide groups is 1. The fourth-order valence-electron chi connectivity index (χ4n) is 3.88. The summed E-state index contributed by atoms with van der Waals surface area (Å²) in [6, 6.07) is 9.95. The van der Waals surface area contributed by atoms with Crippen LogP contribution in [0.1, 0.15) is 45.2 Å². The van der Waals surface area contributed by atoms with Crippen molar-refractivity contribution in [3.8, 4) is 0 Å². The number of fused-ring (bicyclic) bond motifs is 2. The Kier molecular flexibility index (Phi) is 6.15. The number of carbonyl (C=O) groups is 3. The van der Waals surface area contributed by atoms with Gasteiger partial charge in [0.05, 0.1) is 17.2 Å². The minimum atomic E-state index is -0.906.